The lowest BCUT2D eigenvalue weighted by atomic mass is 9.43. The fourth-order valence-corrected chi connectivity index (χ4v) is 16.9. The highest BCUT2D eigenvalue weighted by Gasteiger charge is 2.70. The van der Waals surface area contributed by atoms with Crippen molar-refractivity contribution < 1.29 is 39.5 Å². The average Bonchev–Trinajstić information content (AvgIpc) is 3.89. The van der Waals surface area contributed by atoms with Crippen molar-refractivity contribution in [1.82, 2.24) is 0 Å². The van der Waals surface area contributed by atoms with Crippen LogP contribution in [0.3, 0.4) is 0 Å². The Kier molecular flexibility index (Phi) is 9.09. The second-order valence-corrected chi connectivity index (χ2v) is 22.2. The number of aliphatic hydroxyl groups is 4. The molecule has 0 aromatic rings. The number of nitrogens with two attached hydrogens (primary N) is 2. The number of hydrogen-bond acceptors (Lipinski definition) is 10. The van der Waals surface area contributed by atoms with Crippen molar-refractivity contribution in [2.75, 3.05) is 13.2 Å². The summed E-state index contributed by atoms with van der Waals surface area (Å²) in [5, 5.41) is 45.1. The molecule has 8 saturated carbocycles. The van der Waals surface area contributed by atoms with Crippen LogP contribution in [0.5, 0.6) is 0 Å². The van der Waals surface area contributed by atoms with Crippen LogP contribution in [0.1, 0.15) is 143 Å². The fraction of sp³-hybridized carbons (Fsp3) is 0.870. The highest BCUT2D eigenvalue weighted by atomic mass is 16.5. The van der Waals surface area contributed by atoms with Crippen LogP contribution in [0.4, 0.5) is 0 Å². The summed E-state index contributed by atoms with van der Waals surface area (Å²) in [6.07, 6.45) is 19.9. The summed E-state index contributed by atoms with van der Waals surface area (Å²) in [6, 6.07) is 0. The second-order valence-electron chi connectivity index (χ2n) is 22.2. The Balaban J connectivity index is 0.000000146. The highest BCUT2D eigenvalue weighted by molar-refractivity contribution is 5.85. The van der Waals surface area contributed by atoms with E-state index >= 15 is 0 Å². The van der Waals surface area contributed by atoms with Gasteiger partial charge in [0.2, 0.25) is 0 Å². The van der Waals surface area contributed by atoms with Crippen molar-refractivity contribution in [2.24, 2.45) is 80.5 Å². The van der Waals surface area contributed by atoms with Crippen LogP contribution in [-0.4, -0.2) is 68.2 Å². The van der Waals surface area contributed by atoms with Gasteiger partial charge in [0.05, 0.1) is 11.2 Å². The monoisotopic (exact) mass is 779 g/mol. The van der Waals surface area contributed by atoms with E-state index in [1.165, 1.54) is 0 Å². The highest BCUT2D eigenvalue weighted by Crippen LogP contribution is 2.72. The zero-order valence-electron chi connectivity index (χ0n) is 34.5. The predicted molar refractivity (Wildman–Crippen MR) is 210 cm³/mol. The lowest BCUT2D eigenvalue weighted by Gasteiger charge is -2.64. The van der Waals surface area contributed by atoms with Crippen molar-refractivity contribution >= 4 is 11.9 Å². The third-order valence-electron chi connectivity index (χ3n) is 20.2. The first-order valence-electron chi connectivity index (χ1n) is 22.4. The molecule has 56 heavy (non-hydrogen) atoms. The third kappa shape index (κ3) is 5.60. The van der Waals surface area contributed by atoms with E-state index in [0.29, 0.717) is 74.4 Å². The van der Waals surface area contributed by atoms with E-state index < -0.39 is 22.7 Å². The Hall–Kier alpha value is -1.82. The minimum Gasteiger partial charge on any atom is -0.458 e. The fourth-order valence-electron chi connectivity index (χ4n) is 16.9. The molecule has 8 aliphatic carbocycles. The largest absolute Gasteiger partial charge is 0.458 e. The molecule has 0 spiro atoms. The second kappa shape index (κ2) is 12.8. The maximum absolute atomic E-state index is 12.1. The molecule has 0 bridgehead atoms. The first-order chi connectivity index (χ1) is 26.2. The van der Waals surface area contributed by atoms with Crippen LogP contribution in [0, 0.1) is 69.0 Å². The molecule has 10 rings (SSSR count). The number of ether oxygens (including phenoxy) is 2. The minimum atomic E-state index is -1.02. The van der Waals surface area contributed by atoms with Crippen LogP contribution in [0.2, 0.25) is 0 Å². The molecular formula is C46H70N2O8. The van der Waals surface area contributed by atoms with E-state index in [9.17, 15) is 30.0 Å². The van der Waals surface area contributed by atoms with Gasteiger partial charge in [-0.2, -0.15) is 0 Å². The molecule has 0 amide bonds. The first-order valence-corrected chi connectivity index (χ1v) is 22.4. The van der Waals surface area contributed by atoms with E-state index in [0.717, 1.165) is 101 Å². The van der Waals surface area contributed by atoms with Gasteiger partial charge in [-0.05, 0) is 185 Å². The van der Waals surface area contributed by atoms with Gasteiger partial charge in [0.1, 0.15) is 24.7 Å². The summed E-state index contributed by atoms with van der Waals surface area (Å²) in [5.74, 6) is 2.54. The standard InChI is InChI=1S/2C23H35NO4/c2*1-20-9-10-22(24,26)12-15(20)3-4-18-17(20)5-7-21(2)16(6-8-23(18,21)27)14-11-19(25)28-13-14/h2*11,15-18,26-27H,3-10,12-13,24H2,1-2H3/t2*15-,16-,17+,18-,20+,21-,22+,23+/m11/s1. The van der Waals surface area contributed by atoms with Crippen LogP contribution in [-0.2, 0) is 19.1 Å². The Morgan fingerprint density at radius 2 is 0.911 bits per heavy atom. The number of cyclic esters (lactones) is 2. The molecule has 312 valence electrons. The summed E-state index contributed by atoms with van der Waals surface area (Å²) in [5.41, 5.74) is 11.0. The van der Waals surface area contributed by atoms with Crippen LogP contribution < -0.4 is 11.5 Å². The van der Waals surface area contributed by atoms with Crippen molar-refractivity contribution in [3.05, 3.63) is 23.3 Å². The molecule has 10 aliphatic rings. The molecule has 10 nitrogen and oxygen atoms in total. The van der Waals surface area contributed by atoms with E-state index in [-0.39, 0.29) is 45.4 Å². The van der Waals surface area contributed by atoms with E-state index in [2.05, 4.69) is 27.7 Å². The number of esters is 2. The number of fused-ring (bicyclic) bond motifs is 10. The molecule has 8 fully saturated rings. The maximum atomic E-state index is 12.1. The molecule has 0 aromatic carbocycles. The molecule has 0 saturated heterocycles. The Morgan fingerprint density at radius 1 is 0.518 bits per heavy atom. The van der Waals surface area contributed by atoms with Gasteiger partial charge in [0, 0.05) is 23.0 Å². The summed E-state index contributed by atoms with van der Waals surface area (Å²) in [4.78, 5) is 23.3. The summed E-state index contributed by atoms with van der Waals surface area (Å²) in [7, 11) is 0. The molecule has 0 aromatic heterocycles. The molecular weight excluding hydrogens is 709 g/mol. The van der Waals surface area contributed by atoms with Gasteiger partial charge in [-0.25, -0.2) is 9.59 Å². The lowest BCUT2D eigenvalue weighted by molar-refractivity contribution is -0.214. The van der Waals surface area contributed by atoms with Gasteiger partial charge in [0.25, 0.3) is 0 Å². The summed E-state index contributed by atoms with van der Waals surface area (Å²) >= 11 is 0. The maximum Gasteiger partial charge on any atom is 0.331 e. The average molecular weight is 779 g/mol. The normalized spacial score (nSPS) is 55.8. The SMILES string of the molecule is C[C@]12CC[C@](N)(O)C[C@H]1CC[C@@H]1[C@@H]2CC[C@]2(C)[C@@H](C3=CC(=O)OC3)CC[C@]12O.C[C@]12CC[C@](N)(O)C[C@H]1CC[C@@H]1[C@@H]2CC[C@]2(C)[C@@H](C3=CC(=O)OC3)CC[C@]12O. The van der Waals surface area contributed by atoms with Crippen molar-refractivity contribution in [3.8, 4) is 0 Å². The number of carbonyl (C=O) groups is 2. The van der Waals surface area contributed by atoms with Crippen LogP contribution in [0.15, 0.2) is 23.3 Å². The molecule has 0 unspecified atom stereocenters. The molecule has 0 radical (unpaired) electrons. The topological polar surface area (TPSA) is 186 Å². The van der Waals surface area contributed by atoms with Gasteiger partial charge in [-0.3, -0.25) is 0 Å². The Labute approximate surface area is 333 Å². The Bertz CT molecular complexity index is 1590. The third-order valence-corrected chi connectivity index (χ3v) is 20.2. The van der Waals surface area contributed by atoms with Gasteiger partial charge in [-0.15, -0.1) is 0 Å². The minimum absolute atomic E-state index is 0.162. The van der Waals surface area contributed by atoms with Crippen LogP contribution >= 0.6 is 0 Å². The first kappa shape index (κ1) is 39.6. The van der Waals surface area contributed by atoms with Gasteiger partial charge < -0.3 is 41.4 Å². The molecule has 2 heterocycles. The van der Waals surface area contributed by atoms with E-state index in [1.54, 1.807) is 12.2 Å². The lowest BCUT2D eigenvalue weighted by Crippen LogP contribution is -2.63. The van der Waals surface area contributed by atoms with Gasteiger partial charge >= 0.3 is 11.9 Å². The van der Waals surface area contributed by atoms with Crippen molar-refractivity contribution in [1.29, 1.82) is 0 Å². The molecule has 8 N–H and O–H groups in total. The smallest absolute Gasteiger partial charge is 0.331 e. The zero-order valence-corrected chi connectivity index (χ0v) is 34.5. The van der Waals surface area contributed by atoms with E-state index in [4.69, 9.17) is 20.9 Å². The zero-order chi connectivity index (χ0) is 39.9. The predicted octanol–water partition coefficient (Wildman–Crippen LogP) is 5.78. The van der Waals surface area contributed by atoms with Crippen LogP contribution in [0.25, 0.3) is 0 Å². The summed E-state index contributed by atoms with van der Waals surface area (Å²) < 4.78 is 10.4. The Morgan fingerprint density at radius 3 is 1.27 bits per heavy atom. The summed E-state index contributed by atoms with van der Waals surface area (Å²) in [6.45, 7) is 10.1. The molecule has 10 heteroatoms. The number of carbonyl (C=O) groups excluding carboxylic acids is 2. The van der Waals surface area contributed by atoms with Gasteiger partial charge in [-0.1, -0.05) is 27.7 Å². The number of hydrogen-bond donors (Lipinski definition) is 6. The van der Waals surface area contributed by atoms with Crippen molar-refractivity contribution in [2.45, 2.75) is 166 Å². The quantitative estimate of drug-likeness (QED) is 0.148. The number of rotatable bonds is 2. The molecule has 16 atom stereocenters. The van der Waals surface area contributed by atoms with Gasteiger partial charge in [0.15, 0.2) is 0 Å². The van der Waals surface area contributed by atoms with Crippen molar-refractivity contribution in [3.63, 3.8) is 0 Å². The molecule has 2 aliphatic heterocycles. The van der Waals surface area contributed by atoms with E-state index in [1.807, 2.05) is 0 Å².